The van der Waals surface area contributed by atoms with Crippen molar-refractivity contribution in [2.75, 3.05) is 20.3 Å². The molecule has 0 radical (unpaired) electrons. The monoisotopic (exact) mass is 347 g/mol. The summed E-state index contributed by atoms with van der Waals surface area (Å²) in [7, 11) is 1.56. The molecular weight excluding hydrogens is 334 g/mol. The van der Waals surface area contributed by atoms with Gasteiger partial charge in [0.15, 0.2) is 0 Å². The number of nitrogens with zero attached hydrogens (tertiary/aromatic N) is 1. The predicted molar refractivity (Wildman–Crippen MR) is 74.1 cm³/mol. The Hall–Kier alpha value is -0.920. The molecule has 2 rings (SSSR count). The molecule has 1 amide bonds. The average Bonchev–Trinajstić information content (AvgIpc) is 2.90. The minimum Gasteiger partial charge on any atom is -0.481 e. The molecule has 7 heteroatoms. The van der Waals surface area contributed by atoms with E-state index in [0.717, 1.165) is 9.35 Å². The van der Waals surface area contributed by atoms with Crippen molar-refractivity contribution in [1.29, 1.82) is 0 Å². The van der Waals surface area contributed by atoms with Crippen molar-refractivity contribution in [3.05, 3.63) is 20.8 Å². The first kappa shape index (κ1) is 14.5. The largest absolute Gasteiger partial charge is 0.481 e. The van der Waals surface area contributed by atoms with E-state index in [1.54, 1.807) is 12.0 Å². The fourth-order valence-corrected chi connectivity index (χ4v) is 3.92. The standard InChI is InChI=1S/C12H14BrNO4S/c1-18-3-2-14-10(15)5-8(12(16)17)11(14)9-4-7(13)6-19-9/h4,6,8,11H,2-3,5H2,1H3,(H,16,17). The Morgan fingerprint density at radius 1 is 1.68 bits per heavy atom. The average molecular weight is 348 g/mol. The number of aliphatic carboxylic acids is 1. The molecule has 1 aromatic rings. The van der Waals surface area contributed by atoms with Crippen LogP contribution in [0.25, 0.3) is 0 Å². The lowest BCUT2D eigenvalue weighted by Gasteiger charge is -2.25. The number of carboxylic acids is 1. The van der Waals surface area contributed by atoms with Crippen molar-refractivity contribution in [2.45, 2.75) is 12.5 Å². The Balaban J connectivity index is 2.30. The van der Waals surface area contributed by atoms with Gasteiger partial charge in [-0.3, -0.25) is 9.59 Å². The first-order chi connectivity index (χ1) is 9.04. The zero-order valence-electron chi connectivity index (χ0n) is 10.3. The lowest BCUT2D eigenvalue weighted by molar-refractivity contribution is -0.142. The second-order valence-electron chi connectivity index (χ2n) is 4.34. The highest BCUT2D eigenvalue weighted by atomic mass is 79.9. The van der Waals surface area contributed by atoms with Gasteiger partial charge in [-0.05, 0) is 22.0 Å². The Morgan fingerprint density at radius 2 is 2.42 bits per heavy atom. The van der Waals surface area contributed by atoms with Crippen molar-refractivity contribution in [1.82, 2.24) is 4.90 Å². The molecule has 1 aromatic heterocycles. The van der Waals surface area contributed by atoms with E-state index in [9.17, 15) is 14.7 Å². The van der Waals surface area contributed by atoms with Gasteiger partial charge in [-0.25, -0.2) is 0 Å². The summed E-state index contributed by atoms with van der Waals surface area (Å²) in [6.07, 6.45) is 0.0548. The summed E-state index contributed by atoms with van der Waals surface area (Å²) in [4.78, 5) is 25.8. The number of hydrogen-bond donors (Lipinski definition) is 1. The van der Waals surface area contributed by atoms with Gasteiger partial charge in [0.25, 0.3) is 0 Å². The summed E-state index contributed by atoms with van der Waals surface area (Å²) >= 11 is 4.82. The molecule has 0 aromatic carbocycles. The first-order valence-corrected chi connectivity index (χ1v) is 7.47. The van der Waals surface area contributed by atoms with E-state index < -0.39 is 17.9 Å². The fraction of sp³-hybridized carbons (Fsp3) is 0.500. The molecule has 2 unspecified atom stereocenters. The number of carbonyl (C=O) groups excluding carboxylic acids is 1. The number of thiophene rings is 1. The third kappa shape index (κ3) is 2.98. The second-order valence-corrected chi connectivity index (χ2v) is 6.20. The Kier molecular flexibility index (Phi) is 4.59. The van der Waals surface area contributed by atoms with Gasteiger partial charge in [0.2, 0.25) is 5.91 Å². The van der Waals surface area contributed by atoms with Crippen LogP contribution in [0, 0.1) is 5.92 Å². The van der Waals surface area contributed by atoms with Crippen LogP contribution in [0.3, 0.4) is 0 Å². The Morgan fingerprint density at radius 3 is 2.95 bits per heavy atom. The van der Waals surface area contributed by atoms with E-state index in [4.69, 9.17) is 4.74 Å². The fourth-order valence-electron chi connectivity index (χ4n) is 2.30. The summed E-state index contributed by atoms with van der Waals surface area (Å²) in [6.45, 7) is 0.820. The number of carbonyl (C=O) groups is 2. The van der Waals surface area contributed by atoms with Gasteiger partial charge in [0.1, 0.15) is 0 Å². The third-order valence-corrected chi connectivity index (χ3v) is 4.93. The van der Waals surface area contributed by atoms with Gasteiger partial charge in [-0.2, -0.15) is 0 Å². The summed E-state index contributed by atoms with van der Waals surface area (Å²) in [5.74, 6) is -1.74. The molecule has 19 heavy (non-hydrogen) atoms. The zero-order valence-corrected chi connectivity index (χ0v) is 12.7. The zero-order chi connectivity index (χ0) is 14.0. The molecule has 1 saturated heterocycles. The molecule has 0 spiro atoms. The number of likely N-dealkylation sites (tertiary alicyclic amines) is 1. The first-order valence-electron chi connectivity index (χ1n) is 5.79. The van der Waals surface area contributed by atoms with Gasteiger partial charge in [0, 0.05) is 34.8 Å². The van der Waals surface area contributed by atoms with Crippen LogP contribution < -0.4 is 0 Å². The lowest BCUT2D eigenvalue weighted by Crippen LogP contribution is -2.32. The Labute approximate surface area is 123 Å². The van der Waals surface area contributed by atoms with Crippen molar-refractivity contribution < 1.29 is 19.4 Å². The van der Waals surface area contributed by atoms with E-state index >= 15 is 0 Å². The number of methoxy groups -OCH3 is 1. The highest BCUT2D eigenvalue weighted by Crippen LogP contribution is 2.41. The number of amides is 1. The molecule has 2 atom stereocenters. The van der Waals surface area contributed by atoms with Crippen LogP contribution in [0.4, 0.5) is 0 Å². The highest BCUT2D eigenvalue weighted by Gasteiger charge is 2.45. The lowest BCUT2D eigenvalue weighted by atomic mass is 9.99. The van der Waals surface area contributed by atoms with Gasteiger partial charge in [-0.1, -0.05) is 0 Å². The molecular formula is C12H14BrNO4S. The minimum atomic E-state index is -0.928. The topological polar surface area (TPSA) is 66.8 Å². The molecule has 0 bridgehead atoms. The van der Waals surface area contributed by atoms with Crippen LogP contribution in [0.1, 0.15) is 17.3 Å². The Bertz CT molecular complexity index is 490. The maximum atomic E-state index is 12.0. The summed E-state index contributed by atoms with van der Waals surface area (Å²) in [6, 6.07) is 1.49. The number of carboxylic acid groups (broad SMARTS) is 1. The molecule has 1 N–H and O–H groups in total. The highest BCUT2D eigenvalue weighted by molar-refractivity contribution is 9.10. The van der Waals surface area contributed by atoms with E-state index in [-0.39, 0.29) is 12.3 Å². The number of ether oxygens (including phenoxy) is 1. The van der Waals surface area contributed by atoms with Gasteiger partial charge in [-0.15, -0.1) is 11.3 Å². The summed E-state index contributed by atoms with van der Waals surface area (Å²) in [5, 5.41) is 11.2. The quantitative estimate of drug-likeness (QED) is 0.885. The molecule has 0 aliphatic carbocycles. The number of hydrogen-bond acceptors (Lipinski definition) is 4. The van der Waals surface area contributed by atoms with Gasteiger partial charge < -0.3 is 14.7 Å². The molecule has 2 heterocycles. The summed E-state index contributed by atoms with van der Waals surface area (Å²) < 4.78 is 5.90. The maximum absolute atomic E-state index is 12.0. The number of rotatable bonds is 5. The van der Waals surface area contributed by atoms with Crippen LogP contribution in [0.5, 0.6) is 0 Å². The predicted octanol–water partition coefficient (Wildman–Crippen LogP) is 2.13. The van der Waals surface area contributed by atoms with E-state index in [1.807, 2.05) is 11.4 Å². The van der Waals surface area contributed by atoms with Crippen LogP contribution >= 0.6 is 27.3 Å². The van der Waals surface area contributed by atoms with E-state index in [1.165, 1.54) is 11.3 Å². The van der Waals surface area contributed by atoms with Crippen molar-refractivity contribution in [3.8, 4) is 0 Å². The molecule has 1 aliphatic heterocycles. The normalized spacial score (nSPS) is 23.1. The molecule has 1 fully saturated rings. The number of halogens is 1. The van der Waals surface area contributed by atoms with Gasteiger partial charge in [0.05, 0.1) is 18.6 Å². The van der Waals surface area contributed by atoms with Crippen molar-refractivity contribution >= 4 is 39.1 Å². The second kappa shape index (κ2) is 6.02. The molecule has 104 valence electrons. The van der Waals surface area contributed by atoms with Crippen LogP contribution in [0.2, 0.25) is 0 Å². The van der Waals surface area contributed by atoms with Crippen molar-refractivity contribution in [2.24, 2.45) is 5.92 Å². The third-order valence-electron chi connectivity index (χ3n) is 3.16. The van der Waals surface area contributed by atoms with Gasteiger partial charge >= 0.3 is 5.97 Å². The molecule has 0 saturated carbocycles. The van der Waals surface area contributed by atoms with E-state index in [0.29, 0.717) is 13.2 Å². The SMILES string of the molecule is COCCN1C(=O)CC(C(=O)O)C1c1cc(Br)cs1. The van der Waals surface area contributed by atoms with Crippen LogP contribution in [-0.4, -0.2) is 42.1 Å². The minimum absolute atomic E-state index is 0.0548. The van der Waals surface area contributed by atoms with Crippen LogP contribution in [-0.2, 0) is 14.3 Å². The van der Waals surface area contributed by atoms with Crippen LogP contribution in [0.15, 0.2) is 15.9 Å². The van der Waals surface area contributed by atoms with E-state index in [2.05, 4.69) is 15.9 Å². The summed E-state index contributed by atoms with van der Waals surface area (Å²) in [5.41, 5.74) is 0. The molecule has 1 aliphatic rings. The maximum Gasteiger partial charge on any atom is 0.309 e. The smallest absolute Gasteiger partial charge is 0.309 e. The van der Waals surface area contributed by atoms with Crippen molar-refractivity contribution in [3.63, 3.8) is 0 Å². The molecule has 5 nitrogen and oxygen atoms in total.